The molecule has 3 rings (SSSR count). The molecular weight excluding hydrogens is 406 g/mol. The number of amides is 5. The molecule has 1 aliphatic carbocycles. The van der Waals surface area contributed by atoms with Crippen molar-refractivity contribution in [3.8, 4) is 0 Å². The van der Waals surface area contributed by atoms with Crippen molar-refractivity contribution in [3.63, 3.8) is 0 Å². The van der Waals surface area contributed by atoms with Crippen molar-refractivity contribution in [3.05, 3.63) is 29.8 Å². The maximum absolute atomic E-state index is 12.6. The highest BCUT2D eigenvalue weighted by Gasteiger charge is 2.25. The number of urea groups is 2. The van der Waals surface area contributed by atoms with Gasteiger partial charge in [-0.05, 0) is 70.7 Å². The predicted octanol–water partition coefficient (Wildman–Crippen LogP) is 3.84. The number of likely N-dealkylation sites (tertiary alicyclic amines) is 1. The number of nitrogens with zero attached hydrogens (tertiary/aromatic N) is 1. The van der Waals surface area contributed by atoms with E-state index in [1.807, 2.05) is 20.8 Å². The van der Waals surface area contributed by atoms with Crippen molar-refractivity contribution < 1.29 is 14.4 Å². The summed E-state index contributed by atoms with van der Waals surface area (Å²) in [5.41, 5.74) is 0.896. The van der Waals surface area contributed by atoms with E-state index in [1.165, 1.54) is 19.3 Å². The largest absolute Gasteiger partial charge is 0.347 e. The lowest BCUT2D eigenvalue weighted by Gasteiger charge is -2.33. The van der Waals surface area contributed by atoms with Crippen molar-refractivity contribution in [2.75, 3.05) is 18.4 Å². The summed E-state index contributed by atoms with van der Waals surface area (Å²) in [6.45, 7) is 6.97. The summed E-state index contributed by atoms with van der Waals surface area (Å²) in [6, 6.07) is 7.01. The third-order valence-electron chi connectivity index (χ3n) is 5.94. The van der Waals surface area contributed by atoms with Crippen molar-refractivity contribution in [1.82, 2.24) is 20.9 Å². The van der Waals surface area contributed by atoms with Crippen LogP contribution in [0.5, 0.6) is 0 Å². The third kappa shape index (κ3) is 7.43. The Morgan fingerprint density at radius 3 is 1.97 bits per heavy atom. The van der Waals surface area contributed by atoms with Gasteiger partial charge in [0.15, 0.2) is 0 Å². The first-order chi connectivity index (χ1) is 15.2. The van der Waals surface area contributed by atoms with Gasteiger partial charge in [0.2, 0.25) is 0 Å². The van der Waals surface area contributed by atoms with Crippen molar-refractivity contribution >= 4 is 23.7 Å². The molecule has 8 nitrogen and oxygen atoms in total. The van der Waals surface area contributed by atoms with Gasteiger partial charge < -0.3 is 26.2 Å². The molecule has 0 unspecified atom stereocenters. The van der Waals surface area contributed by atoms with E-state index in [2.05, 4.69) is 21.3 Å². The van der Waals surface area contributed by atoms with Crippen LogP contribution >= 0.6 is 0 Å². The summed E-state index contributed by atoms with van der Waals surface area (Å²) in [5.74, 6) is -0.141. The summed E-state index contributed by atoms with van der Waals surface area (Å²) in [4.78, 5) is 38.8. The van der Waals surface area contributed by atoms with E-state index in [1.54, 1.807) is 29.2 Å². The van der Waals surface area contributed by atoms with Crippen LogP contribution in [0.1, 0.15) is 76.1 Å². The van der Waals surface area contributed by atoms with Gasteiger partial charge in [0, 0.05) is 42.0 Å². The van der Waals surface area contributed by atoms with E-state index in [0.717, 1.165) is 25.7 Å². The van der Waals surface area contributed by atoms with Crippen LogP contribution in [0.3, 0.4) is 0 Å². The van der Waals surface area contributed by atoms with E-state index in [-0.39, 0.29) is 29.6 Å². The fraction of sp³-hybridized carbons (Fsp3) is 0.625. The van der Waals surface area contributed by atoms with Gasteiger partial charge in [-0.15, -0.1) is 0 Å². The first kappa shape index (κ1) is 23.9. The Kier molecular flexibility index (Phi) is 7.99. The lowest BCUT2D eigenvalue weighted by Crippen LogP contribution is -2.51. The number of nitrogens with one attached hydrogen (secondary N) is 4. The zero-order valence-corrected chi connectivity index (χ0v) is 19.5. The molecule has 0 bridgehead atoms. The number of hydrogen-bond acceptors (Lipinski definition) is 3. The lowest BCUT2D eigenvalue weighted by atomic mass is 9.96. The average molecular weight is 444 g/mol. The maximum atomic E-state index is 12.6. The number of hydrogen-bond donors (Lipinski definition) is 4. The minimum Gasteiger partial charge on any atom is -0.347 e. The molecule has 1 saturated heterocycles. The molecule has 1 aromatic carbocycles. The number of anilines is 1. The van der Waals surface area contributed by atoms with Crippen molar-refractivity contribution in [1.29, 1.82) is 0 Å². The Morgan fingerprint density at radius 1 is 0.844 bits per heavy atom. The van der Waals surface area contributed by atoms with Crippen LogP contribution in [0.25, 0.3) is 0 Å². The van der Waals surface area contributed by atoms with Crippen LogP contribution in [0.15, 0.2) is 24.3 Å². The smallest absolute Gasteiger partial charge is 0.321 e. The molecule has 32 heavy (non-hydrogen) atoms. The molecule has 8 heteroatoms. The molecule has 0 radical (unpaired) electrons. The fourth-order valence-electron chi connectivity index (χ4n) is 4.21. The fourth-order valence-corrected chi connectivity index (χ4v) is 4.21. The first-order valence-electron chi connectivity index (χ1n) is 11.8. The highest BCUT2D eigenvalue weighted by Crippen LogP contribution is 2.18. The van der Waals surface area contributed by atoms with Crippen LogP contribution < -0.4 is 21.3 Å². The Bertz CT molecular complexity index is 789. The highest BCUT2D eigenvalue weighted by atomic mass is 16.2. The van der Waals surface area contributed by atoms with Gasteiger partial charge in [0.05, 0.1) is 0 Å². The van der Waals surface area contributed by atoms with Crippen LogP contribution in [0.4, 0.5) is 15.3 Å². The molecule has 176 valence electrons. The number of piperidine rings is 1. The van der Waals surface area contributed by atoms with Gasteiger partial charge in [0.1, 0.15) is 0 Å². The lowest BCUT2D eigenvalue weighted by molar-refractivity contribution is 0.0919. The molecule has 0 atom stereocenters. The second-order valence-electron chi connectivity index (χ2n) is 9.93. The Balaban J connectivity index is 1.40. The normalized spacial score (nSPS) is 18.0. The molecule has 2 aliphatic rings. The number of rotatable bonds is 4. The molecule has 4 N–H and O–H groups in total. The predicted molar refractivity (Wildman–Crippen MR) is 126 cm³/mol. The van der Waals surface area contributed by atoms with E-state index >= 15 is 0 Å². The zero-order valence-electron chi connectivity index (χ0n) is 19.5. The summed E-state index contributed by atoms with van der Waals surface area (Å²) in [7, 11) is 0. The molecule has 1 aromatic rings. The van der Waals surface area contributed by atoms with E-state index in [9.17, 15) is 14.4 Å². The maximum Gasteiger partial charge on any atom is 0.321 e. The second-order valence-corrected chi connectivity index (χ2v) is 9.93. The van der Waals surface area contributed by atoms with Gasteiger partial charge in [0.25, 0.3) is 5.91 Å². The minimum atomic E-state index is -0.304. The topological polar surface area (TPSA) is 103 Å². The Labute approximate surface area is 190 Å². The van der Waals surface area contributed by atoms with Crippen LogP contribution in [-0.2, 0) is 0 Å². The van der Waals surface area contributed by atoms with Gasteiger partial charge in [-0.25, -0.2) is 9.59 Å². The first-order valence-corrected chi connectivity index (χ1v) is 11.8. The van der Waals surface area contributed by atoms with Crippen LogP contribution in [0.2, 0.25) is 0 Å². The summed E-state index contributed by atoms with van der Waals surface area (Å²) < 4.78 is 0. The number of carbonyl (C=O) groups is 3. The molecule has 1 heterocycles. The Hall–Kier alpha value is -2.77. The van der Waals surface area contributed by atoms with Gasteiger partial charge in [-0.1, -0.05) is 19.3 Å². The van der Waals surface area contributed by atoms with E-state index in [4.69, 9.17) is 0 Å². The zero-order chi connectivity index (χ0) is 23.1. The van der Waals surface area contributed by atoms with E-state index in [0.29, 0.717) is 30.4 Å². The Morgan fingerprint density at radius 2 is 1.41 bits per heavy atom. The third-order valence-corrected chi connectivity index (χ3v) is 5.94. The number of benzene rings is 1. The highest BCUT2D eigenvalue weighted by molar-refractivity contribution is 5.96. The van der Waals surface area contributed by atoms with Gasteiger partial charge in [-0.2, -0.15) is 0 Å². The summed E-state index contributed by atoms with van der Waals surface area (Å²) in [5, 5.41) is 12.0. The average Bonchev–Trinajstić information content (AvgIpc) is 2.74. The summed E-state index contributed by atoms with van der Waals surface area (Å²) in [6.07, 6.45) is 7.23. The molecule has 5 amide bonds. The van der Waals surface area contributed by atoms with Crippen LogP contribution in [-0.4, -0.2) is 53.6 Å². The van der Waals surface area contributed by atoms with Gasteiger partial charge in [-0.3, -0.25) is 4.79 Å². The molecule has 0 aromatic heterocycles. The molecule has 1 aliphatic heterocycles. The second kappa shape index (κ2) is 10.7. The van der Waals surface area contributed by atoms with Gasteiger partial charge >= 0.3 is 12.1 Å². The summed E-state index contributed by atoms with van der Waals surface area (Å²) >= 11 is 0. The molecule has 1 saturated carbocycles. The SMILES string of the molecule is CC(C)(C)NC(=O)c1ccc(NC(=O)N2CCC(NC(=O)NC3CCCCC3)CC2)cc1. The monoisotopic (exact) mass is 443 g/mol. The van der Waals surface area contributed by atoms with E-state index < -0.39 is 0 Å². The molecule has 2 fully saturated rings. The molecule has 0 spiro atoms. The molecular formula is C24H37N5O3. The quantitative estimate of drug-likeness (QED) is 0.568. The number of carbonyl (C=O) groups excluding carboxylic acids is 3. The van der Waals surface area contributed by atoms with Crippen molar-refractivity contribution in [2.45, 2.75) is 83.3 Å². The van der Waals surface area contributed by atoms with Crippen LogP contribution in [0, 0.1) is 0 Å². The standard InChI is InChI=1S/C24H37N5O3/c1-24(2,3)28-21(30)17-9-11-19(12-10-17)27-23(32)29-15-13-20(14-16-29)26-22(31)25-18-7-5-4-6-8-18/h9-12,18,20H,4-8,13-16H2,1-3H3,(H,27,32)(H,28,30)(H2,25,26,31). The van der Waals surface area contributed by atoms with Crippen molar-refractivity contribution in [2.24, 2.45) is 0 Å². The minimum absolute atomic E-state index is 0.0863.